The summed E-state index contributed by atoms with van der Waals surface area (Å²) >= 11 is 0. The zero-order chi connectivity index (χ0) is 14.4. The largest absolute Gasteiger partial charge is 0.367 e. The van der Waals surface area contributed by atoms with Crippen LogP contribution in [0.15, 0.2) is 41.9 Å². The van der Waals surface area contributed by atoms with E-state index in [0.29, 0.717) is 6.04 Å². The number of halogens is 1. The first-order chi connectivity index (χ1) is 9.76. The molecule has 0 aliphatic carbocycles. The van der Waals surface area contributed by atoms with E-state index in [9.17, 15) is 0 Å². The van der Waals surface area contributed by atoms with Gasteiger partial charge in [-0.25, -0.2) is 0 Å². The lowest BCUT2D eigenvalue weighted by molar-refractivity contribution is 0.658. The van der Waals surface area contributed by atoms with Crippen LogP contribution < -0.4 is 15.5 Å². The molecule has 0 saturated carbocycles. The van der Waals surface area contributed by atoms with Crippen LogP contribution >= 0.6 is 24.0 Å². The van der Waals surface area contributed by atoms with Crippen LogP contribution in [0.3, 0.4) is 0 Å². The van der Waals surface area contributed by atoms with Gasteiger partial charge in [0.05, 0.1) is 0 Å². The Kier molecular flexibility index (Phi) is 7.56. The van der Waals surface area contributed by atoms with Crippen molar-refractivity contribution in [3.8, 4) is 0 Å². The number of guanidine groups is 1. The summed E-state index contributed by atoms with van der Waals surface area (Å²) < 4.78 is 0. The van der Waals surface area contributed by atoms with E-state index in [2.05, 4.69) is 58.3 Å². The fraction of sp³-hybridized carbons (Fsp3) is 0.438. The Morgan fingerprint density at radius 1 is 1.43 bits per heavy atom. The lowest BCUT2D eigenvalue weighted by atomic mass is 10.1. The molecule has 1 aromatic carbocycles. The van der Waals surface area contributed by atoms with Crippen LogP contribution in [0.4, 0.5) is 5.69 Å². The quantitative estimate of drug-likeness (QED) is 0.345. The summed E-state index contributed by atoms with van der Waals surface area (Å²) in [4.78, 5) is 6.64. The average molecular weight is 400 g/mol. The van der Waals surface area contributed by atoms with Gasteiger partial charge in [-0.05, 0) is 25.0 Å². The van der Waals surface area contributed by atoms with Gasteiger partial charge in [0.1, 0.15) is 0 Å². The highest BCUT2D eigenvalue weighted by Gasteiger charge is 2.24. The second kappa shape index (κ2) is 8.92. The number of para-hydroxylation sites is 1. The molecule has 1 aliphatic heterocycles. The predicted octanol–water partition coefficient (Wildman–Crippen LogP) is 2.41. The number of nitrogens with zero attached hydrogens (tertiary/aromatic N) is 2. The zero-order valence-corrected chi connectivity index (χ0v) is 15.1. The molecule has 1 unspecified atom stereocenters. The molecular formula is C16H25IN4. The van der Waals surface area contributed by atoms with E-state index < -0.39 is 0 Å². The van der Waals surface area contributed by atoms with Crippen molar-refractivity contribution < 1.29 is 0 Å². The van der Waals surface area contributed by atoms with Crippen LogP contribution in [-0.4, -0.2) is 38.7 Å². The van der Waals surface area contributed by atoms with Crippen LogP contribution in [0, 0.1) is 0 Å². The van der Waals surface area contributed by atoms with Gasteiger partial charge in [0.15, 0.2) is 5.96 Å². The van der Waals surface area contributed by atoms with E-state index in [0.717, 1.165) is 32.0 Å². The molecule has 2 N–H and O–H groups in total. The molecule has 0 radical (unpaired) electrons. The fourth-order valence-electron chi connectivity index (χ4n) is 2.65. The molecule has 1 atom stereocenters. The van der Waals surface area contributed by atoms with Crippen LogP contribution in [0.2, 0.25) is 0 Å². The van der Waals surface area contributed by atoms with Gasteiger partial charge in [0.25, 0.3) is 0 Å². The minimum atomic E-state index is 0. The lowest BCUT2D eigenvalue weighted by Gasteiger charge is -2.25. The highest BCUT2D eigenvalue weighted by atomic mass is 127. The van der Waals surface area contributed by atoms with Gasteiger partial charge in [-0.3, -0.25) is 4.99 Å². The van der Waals surface area contributed by atoms with E-state index in [1.165, 1.54) is 11.3 Å². The number of rotatable bonds is 5. The number of anilines is 1. The van der Waals surface area contributed by atoms with E-state index in [1.807, 2.05) is 6.08 Å². The van der Waals surface area contributed by atoms with E-state index in [1.54, 1.807) is 7.05 Å². The number of benzene rings is 1. The SMILES string of the molecule is C=CCNC(=NC)NCCN1c2ccccc2CC1C.I. The molecule has 0 fully saturated rings. The second-order valence-electron chi connectivity index (χ2n) is 5.04. The van der Waals surface area contributed by atoms with Crippen molar-refractivity contribution in [3.63, 3.8) is 0 Å². The van der Waals surface area contributed by atoms with Gasteiger partial charge in [-0.2, -0.15) is 0 Å². The smallest absolute Gasteiger partial charge is 0.191 e. The molecule has 0 amide bonds. The van der Waals surface area contributed by atoms with Gasteiger partial charge in [-0.1, -0.05) is 24.3 Å². The summed E-state index contributed by atoms with van der Waals surface area (Å²) in [5.41, 5.74) is 2.82. The van der Waals surface area contributed by atoms with Crippen molar-refractivity contribution in [1.82, 2.24) is 10.6 Å². The molecule has 0 saturated heterocycles. The molecule has 1 aromatic rings. The van der Waals surface area contributed by atoms with Crippen LogP contribution in [0.5, 0.6) is 0 Å². The third kappa shape index (κ3) is 4.62. The number of fused-ring (bicyclic) bond motifs is 1. The molecule has 4 nitrogen and oxygen atoms in total. The predicted molar refractivity (Wildman–Crippen MR) is 102 cm³/mol. The monoisotopic (exact) mass is 400 g/mol. The molecule has 0 aromatic heterocycles. The minimum absolute atomic E-state index is 0. The number of hydrogen-bond donors (Lipinski definition) is 2. The third-order valence-electron chi connectivity index (χ3n) is 3.63. The van der Waals surface area contributed by atoms with Gasteiger partial charge in [0, 0.05) is 38.4 Å². The second-order valence-corrected chi connectivity index (χ2v) is 5.04. The average Bonchev–Trinajstić information content (AvgIpc) is 2.78. The normalized spacial score (nSPS) is 17.0. The molecule has 21 heavy (non-hydrogen) atoms. The Balaban J connectivity index is 0.00000220. The van der Waals surface area contributed by atoms with Gasteiger partial charge in [-0.15, -0.1) is 30.6 Å². The maximum Gasteiger partial charge on any atom is 0.191 e. The summed E-state index contributed by atoms with van der Waals surface area (Å²) in [7, 11) is 1.78. The Hall–Kier alpha value is -1.24. The standard InChI is InChI=1S/C16H24N4.HI/c1-4-9-18-16(17-3)19-10-11-20-13(2)12-14-7-5-6-8-15(14)20;/h4-8,13H,1,9-12H2,2-3H3,(H2,17,18,19);1H. The van der Waals surface area contributed by atoms with Gasteiger partial charge in [0.2, 0.25) is 0 Å². The third-order valence-corrected chi connectivity index (χ3v) is 3.63. The van der Waals surface area contributed by atoms with Crippen molar-refractivity contribution in [2.45, 2.75) is 19.4 Å². The summed E-state index contributed by atoms with van der Waals surface area (Å²) in [5.74, 6) is 0.824. The minimum Gasteiger partial charge on any atom is -0.367 e. The Labute approximate surface area is 144 Å². The molecule has 1 aliphatic rings. The number of aliphatic imine (C=N–C) groups is 1. The molecule has 0 spiro atoms. The summed E-state index contributed by atoms with van der Waals surface area (Å²) in [6.45, 7) is 8.55. The molecule has 0 bridgehead atoms. The van der Waals surface area contributed by atoms with Crippen molar-refractivity contribution >= 4 is 35.6 Å². The maximum absolute atomic E-state index is 4.18. The van der Waals surface area contributed by atoms with Crippen LogP contribution in [0.1, 0.15) is 12.5 Å². The van der Waals surface area contributed by atoms with Gasteiger partial charge >= 0.3 is 0 Å². The first kappa shape index (κ1) is 17.8. The molecule has 116 valence electrons. The highest BCUT2D eigenvalue weighted by Crippen LogP contribution is 2.30. The van der Waals surface area contributed by atoms with Crippen molar-refractivity contribution in [3.05, 3.63) is 42.5 Å². The number of hydrogen-bond acceptors (Lipinski definition) is 2. The van der Waals surface area contributed by atoms with E-state index in [-0.39, 0.29) is 24.0 Å². The van der Waals surface area contributed by atoms with Crippen LogP contribution in [-0.2, 0) is 6.42 Å². The lowest BCUT2D eigenvalue weighted by Crippen LogP contribution is -2.42. The maximum atomic E-state index is 4.18. The highest BCUT2D eigenvalue weighted by molar-refractivity contribution is 14.0. The summed E-state index contributed by atoms with van der Waals surface area (Å²) in [6, 6.07) is 9.24. The Morgan fingerprint density at radius 2 is 2.19 bits per heavy atom. The molecule has 5 heteroatoms. The molecule has 2 rings (SSSR count). The topological polar surface area (TPSA) is 39.7 Å². The van der Waals surface area contributed by atoms with Crippen LogP contribution in [0.25, 0.3) is 0 Å². The van der Waals surface area contributed by atoms with E-state index >= 15 is 0 Å². The van der Waals surface area contributed by atoms with E-state index in [4.69, 9.17) is 0 Å². The summed E-state index contributed by atoms with van der Waals surface area (Å²) in [5, 5.41) is 6.51. The Bertz CT molecular complexity index is 487. The van der Waals surface area contributed by atoms with Crippen molar-refractivity contribution in [2.75, 3.05) is 31.6 Å². The molecular weight excluding hydrogens is 375 g/mol. The first-order valence-electron chi connectivity index (χ1n) is 7.16. The van der Waals surface area contributed by atoms with Crippen molar-refractivity contribution in [2.24, 2.45) is 4.99 Å². The first-order valence-corrected chi connectivity index (χ1v) is 7.16. The molecule has 1 heterocycles. The summed E-state index contributed by atoms with van der Waals surface area (Å²) in [6.07, 6.45) is 2.96. The zero-order valence-electron chi connectivity index (χ0n) is 12.8. The Morgan fingerprint density at radius 3 is 2.90 bits per heavy atom. The fourth-order valence-corrected chi connectivity index (χ4v) is 2.65. The van der Waals surface area contributed by atoms with Gasteiger partial charge < -0.3 is 15.5 Å². The van der Waals surface area contributed by atoms with Crippen molar-refractivity contribution in [1.29, 1.82) is 0 Å². The number of nitrogens with one attached hydrogen (secondary N) is 2.